The van der Waals surface area contributed by atoms with Crippen LogP contribution in [0.2, 0.25) is 0 Å². The Morgan fingerprint density at radius 2 is 1.40 bits per heavy atom. The number of sulfonamides is 1. The van der Waals surface area contributed by atoms with Gasteiger partial charge in [-0.2, -0.15) is 8.49 Å². The van der Waals surface area contributed by atoms with Gasteiger partial charge >= 0.3 is 11.3 Å². The molecule has 2 atom stereocenters. The molecule has 0 heterocycles. The molecule has 0 aliphatic carbocycles. The summed E-state index contributed by atoms with van der Waals surface area (Å²) in [4.78, 5) is -0.0282. The highest BCUT2D eigenvalue weighted by Crippen LogP contribution is 2.23. The number of hydrogen-bond donors (Lipinski definition) is 0. The van der Waals surface area contributed by atoms with Gasteiger partial charge in [-0.05, 0) is 42.0 Å². The molecule has 0 spiro atoms. The van der Waals surface area contributed by atoms with E-state index in [0.29, 0.717) is 0 Å². The highest BCUT2D eigenvalue weighted by atomic mass is 32.3. The van der Waals surface area contributed by atoms with E-state index in [1.54, 1.807) is 42.5 Å². The van der Waals surface area contributed by atoms with Crippen LogP contribution in [-0.2, 0) is 36.7 Å². The highest BCUT2D eigenvalue weighted by molar-refractivity contribution is 8.00. The molecule has 0 bridgehead atoms. The van der Waals surface area contributed by atoms with E-state index in [1.807, 2.05) is 0 Å². The molecule has 3 rings (SSSR count). The average molecular weight is 464 g/mol. The Morgan fingerprint density at radius 1 is 0.833 bits per heavy atom. The van der Waals surface area contributed by atoms with Crippen LogP contribution in [0.4, 0.5) is 0 Å². The van der Waals surface area contributed by atoms with Gasteiger partial charge in [-0.15, -0.1) is 0 Å². The molecule has 0 aliphatic rings. The summed E-state index contributed by atoms with van der Waals surface area (Å²) in [6, 6.07) is 21.4. The van der Waals surface area contributed by atoms with E-state index in [0.717, 1.165) is 5.56 Å². The summed E-state index contributed by atoms with van der Waals surface area (Å²) in [7, 11) is -4.46. The number of nitrogens with zero attached hydrogens (tertiary/aromatic N) is 1. The summed E-state index contributed by atoms with van der Waals surface area (Å²) < 4.78 is 61.9. The first-order valence-corrected chi connectivity index (χ1v) is 12.0. The largest absolute Gasteiger partial charge is 0.387 e. The van der Waals surface area contributed by atoms with E-state index in [9.17, 15) is 16.8 Å². The molecule has 0 N–H and O–H groups in total. The first-order chi connectivity index (χ1) is 14.4. The van der Waals surface area contributed by atoms with Gasteiger partial charge in [0.25, 0.3) is 10.0 Å². The van der Waals surface area contributed by atoms with Gasteiger partial charge in [0.2, 0.25) is 11.1 Å². The first kappa shape index (κ1) is 22.1. The second-order valence-electron chi connectivity index (χ2n) is 5.71. The third kappa shape index (κ3) is 5.29. The van der Waals surface area contributed by atoms with Crippen LogP contribution < -0.4 is 4.18 Å². The van der Waals surface area contributed by atoms with E-state index in [-0.39, 0.29) is 19.4 Å². The molecule has 2 unspecified atom stereocenters. The lowest BCUT2D eigenvalue weighted by molar-refractivity contribution is 0.148. The van der Waals surface area contributed by atoms with Crippen molar-refractivity contribution in [3.8, 4) is 5.75 Å². The van der Waals surface area contributed by atoms with Crippen molar-refractivity contribution in [3.05, 3.63) is 97.1 Å². The van der Waals surface area contributed by atoms with E-state index >= 15 is 0 Å². The summed E-state index contributed by atoms with van der Waals surface area (Å²) in [6.07, 6.45) is 1.60. The SMILES string of the molecule is C=Cc1ccc(S(=O)ON(S(=O)Oc2ccccc2)S(=O)(=O)c2ccccc2)cc1. The Balaban J connectivity index is 1.93. The van der Waals surface area contributed by atoms with E-state index in [1.165, 1.54) is 48.5 Å². The maximum Gasteiger partial charge on any atom is 0.332 e. The van der Waals surface area contributed by atoms with Crippen molar-refractivity contribution >= 4 is 38.4 Å². The van der Waals surface area contributed by atoms with E-state index < -0.39 is 32.4 Å². The minimum Gasteiger partial charge on any atom is -0.387 e. The molecular formula is C20H17NO6S3. The van der Waals surface area contributed by atoms with Crippen molar-refractivity contribution in [2.24, 2.45) is 0 Å². The first-order valence-electron chi connectivity index (χ1n) is 8.50. The van der Waals surface area contributed by atoms with Crippen LogP contribution in [0, 0.1) is 0 Å². The van der Waals surface area contributed by atoms with Gasteiger partial charge in [0, 0.05) is 0 Å². The smallest absolute Gasteiger partial charge is 0.332 e. The van der Waals surface area contributed by atoms with Crippen LogP contribution in [0.15, 0.2) is 101 Å². The van der Waals surface area contributed by atoms with E-state index in [2.05, 4.69) is 6.58 Å². The standard InChI is InChI=1S/C20H17NO6S3/c1-2-17-13-15-19(16-14-17)28(22)27-21(29(23)26-18-9-5-3-6-10-18)30(24,25)20-11-7-4-8-12-20/h2-16H,1H2. The Kier molecular flexibility index (Phi) is 7.29. The third-order valence-corrected chi connectivity index (χ3v) is 7.78. The van der Waals surface area contributed by atoms with Crippen LogP contribution in [0.1, 0.15) is 5.56 Å². The molecule has 3 aromatic rings. The lowest BCUT2D eigenvalue weighted by Gasteiger charge is -2.18. The molecule has 0 saturated heterocycles. The number of para-hydroxylation sites is 1. The number of hydrogen-bond acceptors (Lipinski definition) is 6. The summed E-state index contributed by atoms with van der Waals surface area (Å²) in [5.74, 6) is 0.147. The zero-order chi connectivity index (χ0) is 21.6. The quantitative estimate of drug-likeness (QED) is 0.450. The summed E-state index contributed by atoms with van der Waals surface area (Å²) in [5.41, 5.74) is 0.778. The molecule has 0 aromatic heterocycles. The van der Waals surface area contributed by atoms with Gasteiger partial charge in [0.15, 0.2) is 0 Å². The van der Waals surface area contributed by atoms with Crippen LogP contribution >= 0.6 is 0 Å². The van der Waals surface area contributed by atoms with Crippen LogP contribution in [-0.4, -0.2) is 20.7 Å². The van der Waals surface area contributed by atoms with Crippen molar-refractivity contribution in [2.75, 3.05) is 0 Å². The van der Waals surface area contributed by atoms with Crippen molar-refractivity contribution in [1.29, 1.82) is 0 Å². The van der Waals surface area contributed by atoms with Gasteiger partial charge in [0.05, 0.1) is 13.7 Å². The van der Waals surface area contributed by atoms with Crippen LogP contribution in [0.25, 0.3) is 6.08 Å². The molecule has 0 aliphatic heterocycles. The monoisotopic (exact) mass is 463 g/mol. The third-order valence-electron chi connectivity index (χ3n) is 3.71. The van der Waals surface area contributed by atoms with Crippen molar-refractivity contribution < 1.29 is 25.3 Å². The summed E-state index contributed by atoms with van der Waals surface area (Å²) >= 11 is -4.95. The Bertz CT molecular complexity index is 1150. The molecule has 0 radical (unpaired) electrons. The molecule has 7 nitrogen and oxygen atoms in total. The Morgan fingerprint density at radius 3 is 1.97 bits per heavy atom. The normalized spacial score (nSPS) is 13.5. The van der Waals surface area contributed by atoms with Crippen molar-refractivity contribution in [1.82, 2.24) is 3.87 Å². The minimum atomic E-state index is -4.46. The molecule has 0 fully saturated rings. The number of rotatable bonds is 9. The van der Waals surface area contributed by atoms with Gasteiger partial charge in [0.1, 0.15) is 5.75 Å². The van der Waals surface area contributed by atoms with Crippen molar-refractivity contribution in [2.45, 2.75) is 9.79 Å². The van der Waals surface area contributed by atoms with Gasteiger partial charge in [-0.3, -0.25) is 0 Å². The van der Waals surface area contributed by atoms with E-state index in [4.69, 9.17) is 8.47 Å². The maximum atomic E-state index is 13.0. The predicted octanol–water partition coefficient (Wildman–Crippen LogP) is 3.63. The molecule has 0 amide bonds. The van der Waals surface area contributed by atoms with Gasteiger partial charge < -0.3 is 4.18 Å². The molecule has 3 aromatic carbocycles. The molecular weight excluding hydrogens is 446 g/mol. The van der Waals surface area contributed by atoms with Crippen LogP contribution in [0.5, 0.6) is 5.75 Å². The second kappa shape index (κ2) is 9.92. The fraction of sp³-hybridized carbons (Fsp3) is 0. The average Bonchev–Trinajstić information content (AvgIpc) is 2.78. The number of benzene rings is 3. The highest BCUT2D eigenvalue weighted by Gasteiger charge is 2.35. The minimum absolute atomic E-state index is 0.104. The zero-order valence-electron chi connectivity index (χ0n) is 15.5. The molecule has 30 heavy (non-hydrogen) atoms. The molecule has 0 saturated carbocycles. The second-order valence-corrected chi connectivity index (χ2v) is 9.71. The fourth-order valence-electron chi connectivity index (χ4n) is 2.23. The summed E-state index contributed by atoms with van der Waals surface area (Å²) in [6.45, 7) is 3.63. The molecule has 10 heteroatoms. The Labute approximate surface area is 180 Å². The predicted molar refractivity (Wildman–Crippen MR) is 115 cm³/mol. The zero-order valence-corrected chi connectivity index (χ0v) is 17.9. The lowest BCUT2D eigenvalue weighted by atomic mass is 10.2. The molecule has 156 valence electrons. The van der Waals surface area contributed by atoms with Gasteiger partial charge in [-0.25, -0.2) is 12.6 Å². The van der Waals surface area contributed by atoms with Crippen molar-refractivity contribution in [3.63, 3.8) is 0 Å². The fourth-order valence-corrected chi connectivity index (χ4v) is 5.63. The lowest BCUT2D eigenvalue weighted by Crippen LogP contribution is -2.36. The van der Waals surface area contributed by atoms with Crippen LogP contribution in [0.3, 0.4) is 0 Å². The topological polar surface area (TPSA) is 90.0 Å². The maximum absolute atomic E-state index is 13.0. The summed E-state index contributed by atoms with van der Waals surface area (Å²) in [5, 5.41) is 0. The van der Waals surface area contributed by atoms with Gasteiger partial charge in [-0.1, -0.05) is 61.2 Å². The Hall–Kier alpha value is -2.63.